The van der Waals surface area contributed by atoms with E-state index in [1.54, 1.807) is 6.07 Å². The molecule has 3 heteroatoms. The van der Waals surface area contributed by atoms with Crippen LogP contribution in [0.15, 0.2) is 18.2 Å². The Hall–Kier alpha value is -0.930. The lowest BCUT2D eigenvalue weighted by Crippen LogP contribution is -2.24. The molecule has 2 saturated heterocycles. The maximum atomic E-state index is 13.0. The number of rotatable bonds is 2. The first-order valence-corrected chi connectivity index (χ1v) is 6.24. The zero-order valence-corrected chi connectivity index (χ0v) is 9.90. The summed E-state index contributed by atoms with van der Waals surface area (Å²) in [5, 5.41) is 10.4. The van der Waals surface area contributed by atoms with Gasteiger partial charge in [-0.15, -0.1) is 0 Å². The van der Waals surface area contributed by atoms with Crippen molar-refractivity contribution in [3.05, 3.63) is 35.1 Å². The first kappa shape index (κ1) is 11.2. The van der Waals surface area contributed by atoms with Crippen molar-refractivity contribution in [1.82, 2.24) is 0 Å². The summed E-state index contributed by atoms with van der Waals surface area (Å²) in [7, 11) is 0. The van der Waals surface area contributed by atoms with Gasteiger partial charge in [-0.3, -0.25) is 0 Å². The lowest BCUT2D eigenvalue weighted by molar-refractivity contribution is 0.0420. The summed E-state index contributed by atoms with van der Waals surface area (Å²) in [6.45, 7) is 1.84. The van der Waals surface area contributed by atoms with E-state index in [-0.39, 0.29) is 17.8 Å². The van der Waals surface area contributed by atoms with E-state index in [0.717, 1.165) is 30.4 Å². The van der Waals surface area contributed by atoms with Crippen LogP contribution in [0, 0.1) is 18.7 Å². The minimum atomic E-state index is -0.522. The number of halogens is 1. The van der Waals surface area contributed by atoms with Gasteiger partial charge in [0, 0.05) is 5.92 Å². The summed E-state index contributed by atoms with van der Waals surface area (Å²) in [5.74, 6) is -0.0689. The summed E-state index contributed by atoms with van der Waals surface area (Å²) >= 11 is 0. The van der Waals surface area contributed by atoms with Crippen molar-refractivity contribution in [2.45, 2.75) is 44.5 Å². The standard InChI is InChI=1S/C14H17FO2/c1-8-6-9(15)2-4-11(8)14(16)12-7-10-3-5-13(12)17-10/h2,4,6,10,12-14,16H,3,5,7H2,1H3. The largest absolute Gasteiger partial charge is 0.388 e. The topological polar surface area (TPSA) is 29.5 Å². The Morgan fingerprint density at radius 1 is 1.41 bits per heavy atom. The second kappa shape index (κ2) is 4.07. The molecule has 0 aromatic heterocycles. The Bertz CT molecular complexity index is 432. The van der Waals surface area contributed by atoms with Gasteiger partial charge in [-0.05, 0) is 49.4 Å². The fourth-order valence-electron chi connectivity index (χ4n) is 3.21. The Morgan fingerprint density at radius 2 is 2.24 bits per heavy atom. The molecule has 4 atom stereocenters. The number of aliphatic hydroxyl groups is 1. The monoisotopic (exact) mass is 236 g/mol. The Balaban J connectivity index is 1.84. The van der Waals surface area contributed by atoms with E-state index >= 15 is 0 Å². The van der Waals surface area contributed by atoms with Gasteiger partial charge in [0.05, 0.1) is 18.3 Å². The van der Waals surface area contributed by atoms with Gasteiger partial charge in [-0.1, -0.05) is 6.07 Å². The van der Waals surface area contributed by atoms with Gasteiger partial charge >= 0.3 is 0 Å². The lowest BCUT2D eigenvalue weighted by atomic mass is 9.81. The number of hydrogen-bond acceptors (Lipinski definition) is 2. The van der Waals surface area contributed by atoms with Crippen molar-refractivity contribution in [3.63, 3.8) is 0 Å². The highest BCUT2D eigenvalue weighted by atomic mass is 19.1. The van der Waals surface area contributed by atoms with Crippen LogP contribution in [-0.2, 0) is 4.74 Å². The van der Waals surface area contributed by atoms with Crippen molar-refractivity contribution in [2.75, 3.05) is 0 Å². The molecule has 2 aliphatic heterocycles. The molecule has 17 heavy (non-hydrogen) atoms. The second-order valence-electron chi connectivity index (χ2n) is 5.22. The highest BCUT2D eigenvalue weighted by Crippen LogP contribution is 2.45. The third-order valence-corrected chi connectivity index (χ3v) is 4.11. The number of hydrogen-bond donors (Lipinski definition) is 1. The molecule has 2 heterocycles. The predicted octanol–water partition coefficient (Wildman–Crippen LogP) is 2.74. The molecule has 3 rings (SSSR count). The van der Waals surface area contributed by atoms with Crippen molar-refractivity contribution in [3.8, 4) is 0 Å². The molecule has 92 valence electrons. The Morgan fingerprint density at radius 3 is 2.82 bits per heavy atom. The molecule has 0 amide bonds. The van der Waals surface area contributed by atoms with Gasteiger partial charge in [0.2, 0.25) is 0 Å². The summed E-state index contributed by atoms with van der Waals surface area (Å²) < 4.78 is 18.8. The molecule has 2 aliphatic rings. The molecular weight excluding hydrogens is 219 g/mol. The highest BCUT2D eigenvalue weighted by Gasteiger charge is 2.44. The summed E-state index contributed by atoms with van der Waals surface area (Å²) in [6, 6.07) is 4.59. The van der Waals surface area contributed by atoms with Crippen molar-refractivity contribution >= 4 is 0 Å². The van der Waals surface area contributed by atoms with Crippen LogP contribution in [-0.4, -0.2) is 17.3 Å². The third kappa shape index (κ3) is 1.87. The number of aliphatic hydroxyl groups excluding tert-OH is 1. The number of fused-ring (bicyclic) bond motifs is 2. The summed E-state index contributed by atoms with van der Waals surface area (Å²) in [4.78, 5) is 0. The molecule has 0 saturated carbocycles. The number of ether oxygens (including phenoxy) is 1. The molecule has 1 aromatic rings. The van der Waals surface area contributed by atoms with Gasteiger partial charge in [0.25, 0.3) is 0 Å². The van der Waals surface area contributed by atoms with Gasteiger partial charge in [0.15, 0.2) is 0 Å². The first-order valence-electron chi connectivity index (χ1n) is 6.24. The molecule has 1 aromatic carbocycles. The van der Waals surface area contributed by atoms with E-state index in [9.17, 15) is 9.50 Å². The third-order valence-electron chi connectivity index (χ3n) is 4.11. The molecule has 0 radical (unpaired) electrons. The Kier molecular flexibility index (Phi) is 2.68. The highest BCUT2D eigenvalue weighted by molar-refractivity contribution is 5.29. The van der Waals surface area contributed by atoms with Gasteiger partial charge in [-0.2, -0.15) is 0 Å². The Labute approximate surface area is 100 Å². The fourth-order valence-corrected chi connectivity index (χ4v) is 3.21. The number of aryl methyl sites for hydroxylation is 1. The smallest absolute Gasteiger partial charge is 0.123 e. The van der Waals surface area contributed by atoms with Gasteiger partial charge in [0.1, 0.15) is 5.82 Å². The molecule has 0 spiro atoms. The molecule has 2 nitrogen and oxygen atoms in total. The molecule has 2 bridgehead atoms. The van der Waals surface area contributed by atoms with Crippen LogP contribution >= 0.6 is 0 Å². The van der Waals surface area contributed by atoms with E-state index in [1.807, 2.05) is 6.92 Å². The van der Waals surface area contributed by atoms with Crippen molar-refractivity contribution in [1.29, 1.82) is 0 Å². The van der Waals surface area contributed by atoms with E-state index in [1.165, 1.54) is 12.1 Å². The maximum Gasteiger partial charge on any atom is 0.123 e. The minimum absolute atomic E-state index is 0.179. The molecular formula is C14H17FO2. The van der Waals surface area contributed by atoms with Crippen molar-refractivity contribution in [2.24, 2.45) is 5.92 Å². The molecule has 4 unspecified atom stereocenters. The zero-order chi connectivity index (χ0) is 12.0. The van der Waals surface area contributed by atoms with E-state index in [2.05, 4.69) is 0 Å². The SMILES string of the molecule is Cc1cc(F)ccc1C(O)C1CC2CCC1O2. The van der Waals surface area contributed by atoms with Gasteiger partial charge in [-0.25, -0.2) is 4.39 Å². The molecule has 2 fully saturated rings. The quantitative estimate of drug-likeness (QED) is 0.855. The lowest BCUT2D eigenvalue weighted by Gasteiger charge is -2.25. The predicted molar refractivity (Wildman–Crippen MR) is 62.1 cm³/mol. The average Bonchev–Trinajstić information content (AvgIpc) is 2.89. The molecule has 0 aliphatic carbocycles. The first-order chi connectivity index (χ1) is 8.15. The minimum Gasteiger partial charge on any atom is -0.388 e. The van der Waals surface area contributed by atoms with Gasteiger partial charge < -0.3 is 9.84 Å². The average molecular weight is 236 g/mol. The van der Waals surface area contributed by atoms with Crippen LogP contribution in [0.2, 0.25) is 0 Å². The molecule has 1 N–H and O–H groups in total. The van der Waals surface area contributed by atoms with Crippen LogP contribution in [0.4, 0.5) is 4.39 Å². The second-order valence-corrected chi connectivity index (χ2v) is 5.22. The summed E-state index contributed by atoms with van der Waals surface area (Å²) in [5.41, 5.74) is 1.66. The van der Waals surface area contributed by atoms with E-state index in [0.29, 0.717) is 6.10 Å². The van der Waals surface area contributed by atoms with Crippen molar-refractivity contribution < 1.29 is 14.2 Å². The van der Waals surface area contributed by atoms with Crippen LogP contribution in [0.1, 0.15) is 36.5 Å². The maximum absolute atomic E-state index is 13.0. The van der Waals surface area contributed by atoms with Crippen LogP contribution < -0.4 is 0 Å². The number of benzene rings is 1. The van der Waals surface area contributed by atoms with Crippen LogP contribution in [0.3, 0.4) is 0 Å². The summed E-state index contributed by atoms with van der Waals surface area (Å²) in [6.07, 6.45) is 3.11. The zero-order valence-electron chi connectivity index (χ0n) is 9.90. The fraction of sp³-hybridized carbons (Fsp3) is 0.571. The van der Waals surface area contributed by atoms with Crippen LogP contribution in [0.25, 0.3) is 0 Å². The van der Waals surface area contributed by atoms with Crippen LogP contribution in [0.5, 0.6) is 0 Å². The van der Waals surface area contributed by atoms with E-state index < -0.39 is 6.10 Å². The van der Waals surface area contributed by atoms with E-state index in [4.69, 9.17) is 4.74 Å². The normalized spacial score (nSPS) is 33.0.